The van der Waals surface area contributed by atoms with Gasteiger partial charge in [-0.15, -0.1) is 0 Å². The molecule has 0 bridgehead atoms. The molecule has 0 spiro atoms. The van der Waals surface area contributed by atoms with E-state index in [0.717, 1.165) is 31.0 Å². The number of hydrogen-bond acceptors (Lipinski definition) is 6. The van der Waals surface area contributed by atoms with Crippen molar-refractivity contribution in [3.05, 3.63) is 74.0 Å². The maximum absolute atomic E-state index is 14.2. The van der Waals surface area contributed by atoms with Gasteiger partial charge in [-0.1, -0.05) is 24.2 Å². The van der Waals surface area contributed by atoms with Crippen molar-refractivity contribution in [2.45, 2.75) is 51.4 Å². The summed E-state index contributed by atoms with van der Waals surface area (Å²) in [5.41, 5.74) is 5.88. The summed E-state index contributed by atoms with van der Waals surface area (Å²) in [5, 5.41) is 1.45. The van der Waals surface area contributed by atoms with Crippen LogP contribution in [0.15, 0.2) is 24.3 Å². The van der Waals surface area contributed by atoms with E-state index < -0.39 is 30.0 Å². The molecule has 3 aromatic rings. The van der Waals surface area contributed by atoms with E-state index in [1.165, 1.54) is 18.3 Å². The van der Waals surface area contributed by atoms with Crippen LogP contribution in [0.5, 0.6) is 5.88 Å². The average molecular weight is 552 g/mol. The van der Waals surface area contributed by atoms with Crippen molar-refractivity contribution in [2.24, 2.45) is 5.73 Å². The first-order valence-electron chi connectivity index (χ1n) is 12.1. The molecule has 1 fully saturated rings. The third-order valence-corrected chi connectivity index (χ3v) is 7.01. The zero-order chi connectivity index (χ0) is 27.0. The van der Waals surface area contributed by atoms with Crippen LogP contribution in [0.1, 0.15) is 34.6 Å². The van der Waals surface area contributed by atoms with Gasteiger partial charge in [-0.05, 0) is 36.6 Å². The SMILES string of the molecule is C=c1nc(CN2CCc3cc(C(F)(F)F)c(OCc4ccc(Cl)cc4F)nc3C2)n(C[C@@H]2CCO2)/c1=C/N. The Morgan fingerprint density at radius 3 is 2.71 bits per heavy atom. The fraction of sp³-hybridized carbons (Fsp3) is 0.385. The van der Waals surface area contributed by atoms with Crippen LogP contribution in [0, 0.1) is 5.82 Å². The van der Waals surface area contributed by atoms with Crippen LogP contribution < -0.4 is 21.2 Å². The Kier molecular flexibility index (Phi) is 7.34. The second kappa shape index (κ2) is 10.5. The molecule has 0 amide bonds. The number of fused-ring (bicyclic) bond motifs is 1. The molecular formula is C26H26ClF4N5O2. The predicted molar refractivity (Wildman–Crippen MR) is 133 cm³/mol. The summed E-state index contributed by atoms with van der Waals surface area (Å²) in [4.78, 5) is 10.9. The molecule has 7 nitrogen and oxygen atoms in total. The minimum atomic E-state index is -4.68. The number of imidazole rings is 1. The van der Waals surface area contributed by atoms with E-state index in [4.69, 9.17) is 26.8 Å². The number of rotatable bonds is 7. The van der Waals surface area contributed by atoms with Gasteiger partial charge in [0.1, 0.15) is 23.8 Å². The molecule has 38 heavy (non-hydrogen) atoms. The van der Waals surface area contributed by atoms with Gasteiger partial charge in [0.05, 0.1) is 35.6 Å². The summed E-state index contributed by atoms with van der Waals surface area (Å²) < 4.78 is 68.6. The lowest BCUT2D eigenvalue weighted by atomic mass is 10.0. The first kappa shape index (κ1) is 26.5. The van der Waals surface area contributed by atoms with Crippen molar-refractivity contribution >= 4 is 24.4 Å². The summed E-state index contributed by atoms with van der Waals surface area (Å²) in [6.07, 6.45) is -1.82. The third-order valence-electron chi connectivity index (χ3n) is 6.78. The van der Waals surface area contributed by atoms with Crippen LogP contribution in [0.25, 0.3) is 12.8 Å². The van der Waals surface area contributed by atoms with Crippen LogP contribution in [-0.2, 0) is 43.6 Å². The number of hydrogen-bond donors (Lipinski definition) is 1. The number of aromatic nitrogens is 3. The highest BCUT2D eigenvalue weighted by Crippen LogP contribution is 2.38. The minimum Gasteiger partial charge on any atom is -0.472 e. The van der Waals surface area contributed by atoms with Gasteiger partial charge < -0.3 is 19.8 Å². The maximum Gasteiger partial charge on any atom is 0.421 e. The number of alkyl halides is 3. The lowest BCUT2D eigenvalue weighted by Gasteiger charge is -2.30. The fourth-order valence-corrected chi connectivity index (χ4v) is 4.80. The minimum absolute atomic E-state index is 0.0717. The molecule has 1 aromatic carbocycles. The topological polar surface area (TPSA) is 78.4 Å². The molecular weight excluding hydrogens is 526 g/mol. The first-order valence-corrected chi connectivity index (χ1v) is 12.5. The van der Waals surface area contributed by atoms with Crippen molar-refractivity contribution < 1.29 is 27.0 Å². The van der Waals surface area contributed by atoms with Crippen LogP contribution in [0.4, 0.5) is 17.6 Å². The molecule has 0 saturated carbocycles. The predicted octanol–water partition coefficient (Wildman–Crippen LogP) is 3.12. The Morgan fingerprint density at radius 2 is 2.05 bits per heavy atom. The number of nitrogens with two attached hydrogens (primary N) is 1. The van der Waals surface area contributed by atoms with E-state index in [-0.39, 0.29) is 16.7 Å². The number of pyridine rings is 1. The monoisotopic (exact) mass is 551 g/mol. The van der Waals surface area contributed by atoms with Gasteiger partial charge in [-0.2, -0.15) is 13.2 Å². The van der Waals surface area contributed by atoms with Gasteiger partial charge in [0, 0.05) is 36.5 Å². The Labute approximate surface area is 221 Å². The molecule has 2 aromatic heterocycles. The number of ether oxygens (including phenoxy) is 2. The van der Waals surface area contributed by atoms with Crippen molar-refractivity contribution in [3.63, 3.8) is 0 Å². The number of halogens is 5. The highest BCUT2D eigenvalue weighted by atomic mass is 35.5. The quantitative estimate of drug-likeness (QED) is 0.455. The van der Waals surface area contributed by atoms with Crippen molar-refractivity contribution in [1.82, 2.24) is 19.4 Å². The number of benzene rings is 1. The molecule has 1 saturated heterocycles. The molecule has 0 aliphatic carbocycles. The highest BCUT2D eigenvalue weighted by molar-refractivity contribution is 6.30. The molecule has 202 valence electrons. The molecule has 1 atom stereocenters. The maximum atomic E-state index is 14.2. The Morgan fingerprint density at radius 1 is 1.26 bits per heavy atom. The third kappa shape index (κ3) is 5.50. The Hall–Kier alpha value is -3.15. The highest BCUT2D eigenvalue weighted by Gasteiger charge is 2.37. The molecule has 2 aliphatic rings. The molecule has 12 heteroatoms. The van der Waals surface area contributed by atoms with Gasteiger partial charge in [-0.3, -0.25) is 4.90 Å². The van der Waals surface area contributed by atoms with Gasteiger partial charge in [0.15, 0.2) is 0 Å². The standard InChI is InChI=1S/C26H26ClF4N5O2/c1-15-23(10-32)36(11-19-5-7-37-19)24(33-15)13-35-6-4-16-8-20(26(29,30)31)25(34-22(16)12-35)38-14-17-2-3-18(27)9-21(17)28/h2-3,8-10,19H,1,4-7,11-14,32H2/b23-10+/t19-/m0/s1. The second-order valence-corrected chi connectivity index (χ2v) is 9.78. The lowest BCUT2D eigenvalue weighted by molar-refractivity contribution is -0.139. The smallest absolute Gasteiger partial charge is 0.421 e. The van der Waals surface area contributed by atoms with E-state index in [1.54, 1.807) is 0 Å². The molecule has 2 aliphatic heterocycles. The van der Waals surface area contributed by atoms with Gasteiger partial charge >= 0.3 is 6.18 Å². The zero-order valence-corrected chi connectivity index (χ0v) is 21.2. The normalized spacial score (nSPS) is 18.3. The largest absolute Gasteiger partial charge is 0.472 e. The van der Waals surface area contributed by atoms with Crippen molar-refractivity contribution in [3.8, 4) is 5.88 Å². The molecule has 0 radical (unpaired) electrons. The summed E-state index contributed by atoms with van der Waals surface area (Å²) >= 11 is 5.76. The fourth-order valence-electron chi connectivity index (χ4n) is 4.64. The van der Waals surface area contributed by atoms with Gasteiger partial charge in [0.2, 0.25) is 5.88 Å². The summed E-state index contributed by atoms with van der Waals surface area (Å²) in [6, 6.07) is 4.97. The zero-order valence-electron chi connectivity index (χ0n) is 20.4. The Balaban J connectivity index is 1.39. The average Bonchev–Trinajstić information content (AvgIpc) is 3.12. The number of nitrogens with zero attached hydrogens (tertiary/aromatic N) is 4. The first-order chi connectivity index (χ1) is 18.1. The van der Waals surface area contributed by atoms with Crippen LogP contribution in [-0.4, -0.2) is 38.7 Å². The van der Waals surface area contributed by atoms with E-state index in [2.05, 4.69) is 16.5 Å². The van der Waals surface area contributed by atoms with Crippen LogP contribution >= 0.6 is 11.6 Å². The van der Waals surface area contributed by atoms with Crippen LogP contribution in [0.2, 0.25) is 5.02 Å². The van der Waals surface area contributed by atoms with Crippen LogP contribution in [0.3, 0.4) is 0 Å². The molecule has 0 unspecified atom stereocenters. The lowest BCUT2D eigenvalue weighted by Crippen LogP contribution is -2.39. The Bertz CT molecular complexity index is 1460. The van der Waals surface area contributed by atoms with E-state index in [0.29, 0.717) is 54.6 Å². The summed E-state index contributed by atoms with van der Waals surface area (Å²) in [5.74, 6) is -0.514. The second-order valence-electron chi connectivity index (χ2n) is 9.35. The summed E-state index contributed by atoms with van der Waals surface area (Å²) in [7, 11) is 0. The van der Waals surface area contributed by atoms with E-state index in [9.17, 15) is 17.6 Å². The van der Waals surface area contributed by atoms with E-state index in [1.807, 2.05) is 9.47 Å². The molecule has 4 heterocycles. The van der Waals surface area contributed by atoms with Crippen molar-refractivity contribution in [2.75, 3.05) is 13.2 Å². The van der Waals surface area contributed by atoms with Gasteiger partial charge in [0.25, 0.3) is 0 Å². The molecule has 5 rings (SSSR count). The van der Waals surface area contributed by atoms with Gasteiger partial charge in [-0.25, -0.2) is 14.4 Å². The molecule has 2 N–H and O–H groups in total. The van der Waals surface area contributed by atoms with Crippen molar-refractivity contribution in [1.29, 1.82) is 0 Å². The van der Waals surface area contributed by atoms with E-state index >= 15 is 0 Å². The summed E-state index contributed by atoms with van der Waals surface area (Å²) in [6.45, 7) is 6.11.